The molecule has 0 atom stereocenters. The minimum absolute atomic E-state index is 0.885. The maximum Gasteiger partial charge on any atom is 0.332 e. The zero-order valence-corrected chi connectivity index (χ0v) is 14.8. The molecule has 0 amide bonds. The largest absolute Gasteiger partial charge is 0.395 e. The number of hydrogen-bond donors (Lipinski definition) is 0. The first-order valence-electron chi connectivity index (χ1n) is 7.11. The van der Waals surface area contributed by atoms with Crippen LogP contribution in [-0.4, -0.2) is 29.8 Å². The number of rotatable bonds is 10. The molecule has 0 aliphatic heterocycles. The SMILES string of the molecule is CCCCO[Si](C)(C[Si](C)(C)C)OCCCC. The number of hydrogen-bond acceptors (Lipinski definition) is 2. The molecule has 0 aliphatic rings. The van der Waals surface area contributed by atoms with Crippen LogP contribution in [0.25, 0.3) is 0 Å². The maximum absolute atomic E-state index is 6.14. The van der Waals surface area contributed by atoms with Gasteiger partial charge in [-0.15, -0.1) is 0 Å². The summed E-state index contributed by atoms with van der Waals surface area (Å²) >= 11 is 0. The molecule has 0 spiro atoms. The molecule has 0 radical (unpaired) electrons. The lowest BCUT2D eigenvalue weighted by molar-refractivity contribution is 0.172. The van der Waals surface area contributed by atoms with Gasteiger partial charge < -0.3 is 8.85 Å². The summed E-state index contributed by atoms with van der Waals surface area (Å²) in [7, 11) is -3.00. The molecule has 0 aromatic rings. The van der Waals surface area contributed by atoms with Crippen molar-refractivity contribution in [2.24, 2.45) is 0 Å². The van der Waals surface area contributed by atoms with Crippen LogP contribution in [-0.2, 0) is 8.85 Å². The van der Waals surface area contributed by atoms with Crippen LogP contribution in [0.1, 0.15) is 39.5 Å². The Morgan fingerprint density at radius 1 is 0.765 bits per heavy atom. The topological polar surface area (TPSA) is 18.5 Å². The molecule has 0 saturated carbocycles. The van der Waals surface area contributed by atoms with Gasteiger partial charge in [-0.2, -0.15) is 0 Å². The fourth-order valence-corrected chi connectivity index (χ4v) is 11.7. The molecule has 0 saturated heterocycles. The third kappa shape index (κ3) is 10.0. The van der Waals surface area contributed by atoms with Crippen molar-refractivity contribution < 1.29 is 8.85 Å². The highest BCUT2D eigenvalue weighted by Gasteiger charge is 2.36. The first kappa shape index (κ1) is 17.4. The lowest BCUT2D eigenvalue weighted by atomic mass is 10.4. The molecule has 17 heavy (non-hydrogen) atoms. The second-order valence-electron chi connectivity index (χ2n) is 6.28. The van der Waals surface area contributed by atoms with Crippen LogP contribution >= 0.6 is 0 Å². The second kappa shape index (κ2) is 8.45. The summed E-state index contributed by atoms with van der Waals surface area (Å²) in [6, 6.07) is 0. The molecule has 0 unspecified atom stereocenters. The van der Waals surface area contributed by atoms with Gasteiger partial charge in [-0.05, 0) is 25.1 Å². The highest BCUT2D eigenvalue weighted by Crippen LogP contribution is 2.22. The van der Waals surface area contributed by atoms with E-state index in [9.17, 15) is 0 Å². The maximum atomic E-state index is 6.14. The summed E-state index contributed by atoms with van der Waals surface area (Å²) in [6.07, 6.45) is 4.72. The van der Waals surface area contributed by atoms with E-state index in [0.717, 1.165) is 26.1 Å². The molecule has 0 N–H and O–H groups in total. The molecule has 4 heteroatoms. The third-order valence-electron chi connectivity index (χ3n) is 2.66. The van der Waals surface area contributed by atoms with Crippen molar-refractivity contribution in [2.75, 3.05) is 13.2 Å². The zero-order valence-electron chi connectivity index (χ0n) is 12.8. The van der Waals surface area contributed by atoms with Crippen LogP contribution in [0.15, 0.2) is 0 Å². The van der Waals surface area contributed by atoms with Crippen LogP contribution in [0.4, 0.5) is 0 Å². The molecule has 0 aromatic carbocycles. The highest BCUT2D eigenvalue weighted by molar-refractivity contribution is 6.90. The molecule has 0 fully saturated rings. The van der Waals surface area contributed by atoms with Gasteiger partial charge in [0.15, 0.2) is 0 Å². The van der Waals surface area contributed by atoms with Crippen LogP contribution in [0, 0.1) is 0 Å². The van der Waals surface area contributed by atoms with Gasteiger partial charge in [0, 0.05) is 21.3 Å². The quantitative estimate of drug-likeness (QED) is 0.430. The van der Waals surface area contributed by atoms with Gasteiger partial charge in [-0.3, -0.25) is 0 Å². The molecule has 2 nitrogen and oxygen atoms in total. The van der Waals surface area contributed by atoms with Crippen molar-refractivity contribution in [1.29, 1.82) is 0 Å². The van der Waals surface area contributed by atoms with E-state index in [1.54, 1.807) is 0 Å². The van der Waals surface area contributed by atoms with E-state index in [4.69, 9.17) is 8.85 Å². The van der Waals surface area contributed by atoms with Gasteiger partial charge >= 0.3 is 8.56 Å². The van der Waals surface area contributed by atoms with Crippen LogP contribution in [0.2, 0.25) is 31.9 Å². The third-order valence-corrected chi connectivity index (χ3v) is 11.1. The van der Waals surface area contributed by atoms with Crippen molar-refractivity contribution in [2.45, 2.75) is 71.4 Å². The summed E-state index contributed by atoms with van der Waals surface area (Å²) in [5.74, 6) is 0. The highest BCUT2D eigenvalue weighted by atomic mass is 28.4. The summed E-state index contributed by atoms with van der Waals surface area (Å²) < 4.78 is 12.3. The normalized spacial score (nSPS) is 13.1. The van der Waals surface area contributed by atoms with Crippen LogP contribution in [0.5, 0.6) is 0 Å². The van der Waals surface area contributed by atoms with E-state index in [1.165, 1.54) is 18.5 Å². The van der Waals surface area contributed by atoms with Crippen molar-refractivity contribution in [1.82, 2.24) is 0 Å². The Morgan fingerprint density at radius 3 is 1.47 bits per heavy atom. The van der Waals surface area contributed by atoms with Gasteiger partial charge in [0.25, 0.3) is 0 Å². The first-order chi connectivity index (χ1) is 7.83. The summed E-state index contributed by atoms with van der Waals surface area (Å²) in [6.45, 7) is 15.7. The molecule has 0 bridgehead atoms. The van der Waals surface area contributed by atoms with Gasteiger partial charge in [0.05, 0.1) is 0 Å². The monoisotopic (exact) mass is 276 g/mol. The predicted octanol–water partition coefficient (Wildman–Crippen LogP) is 4.57. The smallest absolute Gasteiger partial charge is 0.332 e. The minimum atomic E-state index is -1.90. The van der Waals surface area contributed by atoms with E-state index in [1.807, 2.05) is 0 Å². The fourth-order valence-electron chi connectivity index (χ4n) is 1.97. The van der Waals surface area contributed by atoms with Crippen molar-refractivity contribution in [3.8, 4) is 0 Å². The van der Waals surface area contributed by atoms with E-state index >= 15 is 0 Å². The minimum Gasteiger partial charge on any atom is -0.395 e. The van der Waals surface area contributed by atoms with Gasteiger partial charge in [-0.25, -0.2) is 0 Å². The average Bonchev–Trinajstić information content (AvgIpc) is 2.15. The molecule has 104 valence electrons. The molecule has 0 heterocycles. The summed E-state index contributed by atoms with van der Waals surface area (Å²) in [4.78, 5) is 0. The van der Waals surface area contributed by atoms with E-state index in [2.05, 4.69) is 40.0 Å². The first-order valence-corrected chi connectivity index (χ1v) is 13.3. The van der Waals surface area contributed by atoms with E-state index in [-0.39, 0.29) is 0 Å². The lowest BCUT2D eigenvalue weighted by Gasteiger charge is -2.32. The Labute approximate surface area is 110 Å². The fraction of sp³-hybridized carbons (Fsp3) is 1.00. The van der Waals surface area contributed by atoms with Crippen molar-refractivity contribution in [3.63, 3.8) is 0 Å². The van der Waals surface area contributed by atoms with Crippen molar-refractivity contribution in [3.05, 3.63) is 0 Å². The second-order valence-corrected chi connectivity index (χ2v) is 15.7. The molecular formula is C13H32O2Si2. The molecule has 0 aromatic heterocycles. The van der Waals surface area contributed by atoms with E-state index in [0.29, 0.717) is 0 Å². The molecule has 0 rings (SSSR count). The van der Waals surface area contributed by atoms with E-state index < -0.39 is 16.6 Å². The Kier molecular flexibility index (Phi) is 8.63. The number of unbranched alkanes of at least 4 members (excludes halogenated alkanes) is 2. The van der Waals surface area contributed by atoms with Gasteiger partial charge in [-0.1, -0.05) is 46.3 Å². The molecular weight excluding hydrogens is 244 g/mol. The Bertz CT molecular complexity index is 180. The summed E-state index contributed by atoms with van der Waals surface area (Å²) in [5.41, 5.74) is 1.22. The Hall–Kier alpha value is 0.354. The van der Waals surface area contributed by atoms with Gasteiger partial charge in [0.1, 0.15) is 0 Å². The Balaban J connectivity index is 4.24. The standard InChI is InChI=1S/C13H32O2Si2/c1-7-9-11-14-17(6,13-16(3,4)5)15-12-10-8-2/h7-13H2,1-6H3. The predicted molar refractivity (Wildman–Crippen MR) is 81.5 cm³/mol. The lowest BCUT2D eigenvalue weighted by Crippen LogP contribution is -2.46. The van der Waals surface area contributed by atoms with Crippen LogP contribution in [0.3, 0.4) is 0 Å². The average molecular weight is 277 g/mol. The molecule has 0 aliphatic carbocycles. The Morgan fingerprint density at radius 2 is 1.18 bits per heavy atom. The zero-order chi connectivity index (χ0) is 13.4. The van der Waals surface area contributed by atoms with Crippen LogP contribution < -0.4 is 0 Å². The van der Waals surface area contributed by atoms with Gasteiger partial charge in [0.2, 0.25) is 0 Å². The summed E-state index contributed by atoms with van der Waals surface area (Å²) in [5, 5.41) is 0. The van der Waals surface area contributed by atoms with Crippen molar-refractivity contribution >= 4 is 16.6 Å².